The molecule has 2 rings (SSSR count). The third-order valence-electron chi connectivity index (χ3n) is 3.01. The minimum Gasteiger partial charge on any atom is -0.483 e. The van der Waals surface area contributed by atoms with E-state index >= 15 is 0 Å². The molecule has 0 saturated carbocycles. The molecule has 0 aliphatic carbocycles. The van der Waals surface area contributed by atoms with Crippen molar-refractivity contribution < 1.29 is 9.53 Å². The molecule has 0 radical (unpaired) electrons. The molecular weight excluding hydrogens is 375 g/mol. The fraction of sp³-hybridized carbons (Fsp3) is 0.188. The minimum atomic E-state index is -0.635. The Balaban J connectivity index is 2.17. The number of carbonyl (C=O) groups is 1. The van der Waals surface area contributed by atoms with Gasteiger partial charge in [0, 0.05) is 15.1 Å². The van der Waals surface area contributed by atoms with E-state index in [0.29, 0.717) is 21.4 Å². The summed E-state index contributed by atoms with van der Waals surface area (Å²) in [6, 6.07) is 10.4. The molecule has 0 bridgehead atoms. The van der Waals surface area contributed by atoms with Gasteiger partial charge in [-0.3, -0.25) is 4.79 Å². The van der Waals surface area contributed by atoms with Gasteiger partial charge < -0.3 is 4.74 Å². The predicted octanol–water partition coefficient (Wildman–Crippen LogP) is 5.71. The van der Waals surface area contributed by atoms with Crippen molar-refractivity contribution in [1.29, 1.82) is 0 Å². The molecule has 2 aromatic rings. The van der Waals surface area contributed by atoms with Crippen LogP contribution in [-0.2, 0) is 0 Å². The van der Waals surface area contributed by atoms with E-state index in [1.54, 1.807) is 25.1 Å². The van der Waals surface area contributed by atoms with Crippen LogP contribution in [0.15, 0.2) is 40.9 Å². The van der Waals surface area contributed by atoms with Crippen LogP contribution in [0.3, 0.4) is 0 Å². The standard InChI is InChI=1S/C16H13BrCl2O2/c1-9-7-12(4-6-14(9)17)21-10(2)16(20)13-5-3-11(18)8-15(13)19/h3-8,10H,1-2H3. The zero-order chi connectivity index (χ0) is 15.6. The van der Waals surface area contributed by atoms with Crippen LogP contribution in [-0.4, -0.2) is 11.9 Å². The van der Waals surface area contributed by atoms with Crippen molar-refractivity contribution in [3.63, 3.8) is 0 Å². The maximum absolute atomic E-state index is 12.4. The van der Waals surface area contributed by atoms with E-state index in [-0.39, 0.29) is 5.78 Å². The molecule has 0 aromatic heterocycles. The van der Waals surface area contributed by atoms with E-state index in [1.807, 2.05) is 25.1 Å². The molecule has 0 saturated heterocycles. The molecule has 0 heterocycles. The first-order valence-electron chi connectivity index (χ1n) is 6.30. The summed E-state index contributed by atoms with van der Waals surface area (Å²) in [5, 5.41) is 0.823. The zero-order valence-corrected chi connectivity index (χ0v) is 14.6. The van der Waals surface area contributed by atoms with Crippen molar-refractivity contribution in [3.05, 3.63) is 62.0 Å². The third-order valence-corrected chi connectivity index (χ3v) is 4.45. The maximum Gasteiger partial charge on any atom is 0.204 e. The van der Waals surface area contributed by atoms with Gasteiger partial charge in [-0.2, -0.15) is 0 Å². The summed E-state index contributed by atoms with van der Waals surface area (Å²) in [5.41, 5.74) is 1.44. The molecule has 0 spiro atoms. The van der Waals surface area contributed by atoms with Gasteiger partial charge in [-0.15, -0.1) is 0 Å². The highest BCUT2D eigenvalue weighted by molar-refractivity contribution is 9.10. The second-order valence-corrected chi connectivity index (χ2v) is 6.36. The molecule has 2 aromatic carbocycles. The Morgan fingerprint density at radius 3 is 2.52 bits per heavy atom. The first-order chi connectivity index (χ1) is 9.88. The quantitative estimate of drug-likeness (QED) is 0.627. The Kier molecular flexibility index (Phi) is 5.31. The summed E-state index contributed by atoms with van der Waals surface area (Å²) in [7, 11) is 0. The van der Waals surface area contributed by atoms with Crippen LogP contribution in [0.1, 0.15) is 22.8 Å². The SMILES string of the molecule is Cc1cc(OC(C)C(=O)c2ccc(Cl)cc2Cl)ccc1Br. The lowest BCUT2D eigenvalue weighted by molar-refractivity contribution is 0.0818. The first kappa shape index (κ1) is 16.3. The van der Waals surface area contributed by atoms with Gasteiger partial charge in [0.15, 0.2) is 6.10 Å². The van der Waals surface area contributed by atoms with Gasteiger partial charge in [-0.1, -0.05) is 39.1 Å². The molecule has 0 amide bonds. The first-order valence-corrected chi connectivity index (χ1v) is 7.85. The number of rotatable bonds is 4. The second-order valence-electron chi connectivity index (χ2n) is 4.66. The normalized spacial score (nSPS) is 12.0. The van der Waals surface area contributed by atoms with E-state index < -0.39 is 6.10 Å². The minimum absolute atomic E-state index is 0.183. The molecular formula is C16H13BrCl2O2. The van der Waals surface area contributed by atoms with Crippen molar-refractivity contribution in [1.82, 2.24) is 0 Å². The topological polar surface area (TPSA) is 26.3 Å². The van der Waals surface area contributed by atoms with Gasteiger partial charge in [0.25, 0.3) is 0 Å². The van der Waals surface area contributed by atoms with Gasteiger partial charge in [0.1, 0.15) is 5.75 Å². The maximum atomic E-state index is 12.4. The molecule has 2 nitrogen and oxygen atoms in total. The Morgan fingerprint density at radius 2 is 1.90 bits per heavy atom. The molecule has 21 heavy (non-hydrogen) atoms. The smallest absolute Gasteiger partial charge is 0.204 e. The highest BCUT2D eigenvalue weighted by atomic mass is 79.9. The number of Topliss-reactive ketones (excluding diaryl/α,β-unsaturated/α-hetero) is 1. The number of aryl methyl sites for hydroxylation is 1. The molecule has 0 N–H and O–H groups in total. The van der Waals surface area contributed by atoms with Crippen LogP contribution in [0.4, 0.5) is 0 Å². The number of hydrogen-bond donors (Lipinski definition) is 0. The number of halogens is 3. The van der Waals surface area contributed by atoms with Crippen LogP contribution in [0.2, 0.25) is 10.0 Å². The molecule has 0 fully saturated rings. The Labute approximate surface area is 142 Å². The highest BCUT2D eigenvalue weighted by Gasteiger charge is 2.20. The lowest BCUT2D eigenvalue weighted by Gasteiger charge is -2.15. The Hall–Kier alpha value is -1.03. The number of hydrogen-bond acceptors (Lipinski definition) is 2. The molecule has 0 aliphatic rings. The van der Waals surface area contributed by atoms with Gasteiger partial charge >= 0.3 is 0 Å². The average Bonchev–Trinajstić information content (AvgIpc) is 2.42. The van der Waals surface area contributed by atoms with E-state index in [1.165, 1.54) is 0 Å². The molecule has 1 unspecified atom stereocenters. The predicted molar refractivity (Wildman–Crippen MR) is 89.8 cm³/mol. The van der Waals surface area contributed by atoms with Crippen LogP contribution in [0, 0.1) is 6.92 Å². The summed E-state index contributed by atoms with van der Waals surface area (Å²) in [6.45, 7) is 3.66. The van der Waals surface area contributed by atoms with Gasteiger partial charge in [-0.05, 0) is 55.8 Å². The lowest BCUT2D eigenvalue weighted by Crippen LogP contribution is -2.24. The number of ether oxygens (including phenoxy) is 1. The molecule has 0 aliphatic heterocycles. The van der Waals surface area contributed by atoms with E-state index in [0.717, 1.165) is 10.0 Å². The zero-order valence-electron chi connectivity index (χ0n) is 11.5. The summed E-state index contributed by atoms with van der Waals surface area (Å²) in [4.78, 5) is 12.4. The molecule has 110 valence electrons. The van der Waals surface area contributed by atoms with E-state index in [9.17, 15) is 4.79 Å². The molecule has 5 heteroatoms. The second kappa shape index (κ2) is 6.82. The van der Waals surface area contributed by atoms with Gasteiger partial charge in [0.2, 0.25) is 5.78 Å². The summed E-state index contributed by atoms with van der Waals surface area (Å²) < 4.78 is 6.68. The number of carbonyl (C=O) groups excluding carboxylic acids is 1. The highest BCUT2D eigenvalue weighted by Crippen LogP contribution is 2.25. The third kappa shape index (κ3) is 4.00. The van der Waals surface area contributed by atoms with Crippen molar-refractivity contribution in [2.24, 2.45) is 0 Å². The fourth-order valence-electron chi connectivity index (χ4n) is 1.86. The molecule has 1 atom stereocenters. The van der Waals surface area contributed by atoms with Crippen molar-refractivity contribution in [2.75, 3.05) is 0 Å². The monoisotopic (exact) mass is 386 g/mol. The fourth-order valence-corrected chi connectivity index (χ4v) is 2.60. The van der Waals surface area contributed by atoms with Crippen LogP contribution < -0.4 is 4.74 Å². The number of ketones is 1. The van der Waals surface area contributed by atoms with Crippen LogP contribution in [0.25, 0.3) is 0 Å². The van der Waals surface area contributed by atoms with Crippen LogP contribution >= 0.6 is 39.1 Å². The summed E-state index contributed by atoms with van der Waals surface area (Å²) in [6.07, 6.45) is -0.635. The van der Waals surface area contributed by atoms with E-state index in [2.05, 4.69) is 15.9 Å². The van der Waals surface area contributed by atoms with Gasteiger partial charge in [-0.25, -0.2) is 0 Å². The van der Waals surface area contributed by atoms with E-state index in [4.69, 9.17) is 27.9 Å². The lowest BCUT2D eigenvalue weighted by atomic mass is 10.1. The Bertz CT molecular complexity index is 686. The van der Waals surface area contributed by atoms with Crippen molar-refractivity contribution in [3.8, 4) is 5.75 Å². The summed E-state index contributed by atoms with van der Waals surface area (Å²) >= 11 is 15.3. The largest absolute Gasteiger partial charge is 0.483 e. The van der Waals surface area contributed by atoms with Crippen molar-refractivity contribution in [2.45, 2.75) is 20.0 Å². The Morgan fingerprint density at radius 1 is 1.19 bits per heavy atom. The summed E-state index contributed by atoms with van der Waals surface area (Å²) in [5.74, 6) is 0.457. The average molecular weight is 388 g/mol. The number of benzene rings is 2. The van der Waals surface area contributed by atoms with Crippen LogP contribution in [0.5, 0.6) is 5.75 Å². The van der Waals surface area contributed by atoms with Crippen molar-refractivity contribution >= 4 is 44.9 Å². The van der Waals surface area contributed by atoms with Gasteiger partial charge in [0.05, 0.1) is 5.02 Å².